The summed E-state index contributed by atoms with van der Waals surface area (Å²) in [5, 5.41) is 22.0. The predicted molar refractivity (Wildman–Crippen MR) is 139 cm³/mol. The molecule has 0 atom stereocenters. The van der Waals surface area contributed by atoms with Crippen molar-refractivity contribution in [1.29, 1.82) is 0 Å². The molecule has 0 aliphatic rings. The van der Waals surface area contributed by atoms with Gasteiger partial charge in [-0.15, -0.1) is 13.2 Å². The SMILES string of the molecule is O=S(=O)(Oc1cc(O)c2ccccc2c1)C(F)(F)F.Oc1cc(-c2ccc(OC(F)(F)F)cc2)cc2ccccc12. The number of rotatable bonds is 4. The number of ether oxygens (including phenoxy) is 1. The van der Waals surface area contributed by atoms with Crippen LogP contribution in [0.3, 0.4) is 0 Å². The molecule has 2 N–H and O–H groups in total. The molecule has 0 saturated carbocycles. The van der Waals surface area contributed by atoms with Crippen LogP contribution in [0, 0.1) is 0 Å². The van der Waals surface area contributed by atoms with Crippen LogP contribution in [0.5, 0.6) is 23.0 Å². The van der Waals surface area contributed by atoms with E-state index in [1.807, 2.05) is 24.3 Å². The van der Waals surface area contributed by atoms with Crippen LogP contribution in [0.15, 0.2) is 97.1 Å². The number of phenols is 2. The fourth-order valence-corrected chi connectivity index (χ4v) is 4.24. The summed E-state index contributed by atoms with van der Waals surface area (Å²) < 4.78 is 102. The highest BCUT2D eigenvalue weighted by atomic mass is 32.2. The van der Waals surface area contributed by atoms with Crippen molar-refractivity contribution < 1.29 is 53.9 Å². The first-order valence-corrected chi connectivity index (χ1v) is 12.8. The van der Waals surface area contributed by atoms with E-state index in [0.29, 0.717) is 16.3 Å². The highest BCUT2D eigenvalue weighted by molar-refractivity contribution is 7.88. The quantitative estimate of drug-likeness (QED) is 0.125. The van der Waals surface area contributed by atoms with E-state index in [2.05, 4.69) is 8.92 Å². The third-order valence-corrected chi connectivity index (χ3v) is 6.54. The summed E-state index contributed by atoms with van der Waals surface area (Å²) in [7, 11) is -5.75. The molecule has 214 valence electrons. The number of halogens is 6. The molecule has 0 aliphatic carbocycles. The molecular weight excluding hydrogens is 578 g/mol. The number of hydrogen-bond donors (Lipinski definition) is 2. The van der Waals surface area contributed by atoms with Crippen LogP contribution in [0.4, 0.5) is 26.3 Å². The molecule has 0 radical (unpaired) electrons. The molecular formula is C28H18F6O6S. The minimum Gasteiger partial charge on any atom is -0.507 e. The Morgan fingerprint density at radius 3 is 1.63 bits per heavy atom. The maximum absolute atomic E-state index is 12.2. The lowest BCUT2D eigenvalue weighted by Crippen LogP contribution is -2.28. The summed E-state index contributed by atoms with van der Waals surface area (Å²) in [6.45, 7) is 0. The Hall–Kier alpha value is -4.65. The van der Waals surface area contributed by atoms with Crippen molar-refractivity contribution in [2.24, 2.45) is 0 Å². The minimum atomic E-state index is -5.75. The first-order valence-electron chi connectivity index (χ1n) is 11.4. The zero-order valence-electron chi connectivity index (χ0n) is 20.4. The van der Waals surface area contributed by atoms with Gasteiger partial charge in [0, 0.05) is 16.8 Å². The molecule has 5 aromatic rings. The lowest BCUT2D eigenvalue weighted by molar-refractivity contribution is -0.274. The lowest BCUT2D eigenvalue weighted by atomic mass is 10.0. The number of fused-ring (bicyclic) bond motifs is 2. The Kier molecular flexibility index (Phi) is 7.93. The number of phenolic OH excluding ortho intramolecular Hbond substituents is 2. The van der Waals surface area contributed by atoms with Gasteiger partial charge in [-0.05, 0) is 52.2 Å². The van der Waals surface area contributed by atoms with Crippen molar-refractivity contribution in [1.82, 2.24) is 0 Å². The number of benzene rings is 5. The number of alkyl halides is 6. The van der Waals surface area contributed by atoms with Gasteiger partial charge in [-0.25, -0.2) is 0 Å². The first kappa shape index (κ1) is 29.3. The smallest absolute Gasteiger partial charge is 0.507 e. The molecule has 0 unspecified atom stereocenters. The first-order chi connectivity index (χ1) is 19.1. The van der Waals surface area contributed by atoms with E-state index >= 15 is 0 Å². The maximum Gasteiger partial charge on any atom is 0.573 e. The summed E-state index contributed by atoms with van der Waals surface area (Å²) in [4.78, 5) is 0. The summed E-state index contributed by atoms with van der Waals surface area (Å²) in [5.41, 5.74) is -4.11. The monoisotopic (exact) mass is 596 g/mol. The van der Waals surface area contributed by atoms with E-state index in [4.69, 9.17) is 0 Å². The average Bonchev–Trinajstić information content (AvgIpc) is 2.88. The lowest BCUT2D eigenvalue weighted by Gasteiger charge is -2.10. The second-order valence-corrected chi connectivity index (χ2v) is 9.97. The van der Waals surface area contributed by atoms with Crippen LogP contribution in [-0.2, 0) is 10.1 Å². The summed E-state index contributed by atoms with van der Waals surface area (Å²) in [5.74, 6) is -1.12. The molecule has 0 spiro atoms. The van der Waals surface area contributed by atoms with E-state index in [0.717, 1.165) is 28.5 Å². The van der Waals surface area contributed by atoms with Gasteiger partial charge in [0.15, 0.2) is 0 Å². The van der Waals surface area contributed by atoms with Gasteiger partial charge in [-0.2, -0.15) is 21.6 Å². The Morgan fingerprint density at radius 1 is 0.585 bits per heavy atom. The van der Waals surface area contributed by atoms with Gasteiger partial charge in [0.25, 0.3) is 0 Å². The van der Waals surface area contributed by atoms with Gasteiger partial charge in [0.1, 0.15) is 23.0 Å². The zero-order chi connectivity index (χ0) is 30.0. The Labute approximate surface area is 228 Å². The van der Waals surface area contributed by atoms with Crippen LogP contribution >= 0.6 is 0 Å². The zero-order valence-corrected chi connectivity index (χ0v) is 21.3. The van der Waals surface area contributed by atoms with Crippen LogP contribution in [-0.4, -0.2) is 30.5 Å². The predicted octanol–water partition coefficient (Wildman–Crippen LogP) is 7.88. The Balaban J connectivity index is 0.000000191. The molecule has 0 aromatic heterocycles. The van der Waals surface area contributed by atoms with Crippen molar-refractivity contribution >= 4 is 31.7 Å². The molecule has 13 heteroatoms. The van der Waals surface area contributed by atoms with Crippen molar-refractivity contribution in [2.45, 2.75) is 11.9 Å². The number of aromatic hydroxyl groups is 2. The normalized spacial score (nSPS) is 12.0. The molecule has 0 amide bonds. The highest BCUT2D eigenvalue weighted by Crippen LogP contribution is 2.34. The average molecular weight is 597 g/mol. The van der Waals surface area contributed by atoms with Gasteiger partial charge in [-0.3, -0.25) is 0 Å². The molecule has 0 fully saturated rings. The van der Waals surface area contributed by atoms with Gasteiger partial charge in [-0.1, -0.05) is 60.7 Å². The summed E-state index contributed by atoms with van der Waals surface area (Å²) in [6, 6.07) is 24.5. The van der Waals surface area contributed by atoms with E-state index in [-0.39, 0.29) is 17.2 Å². The third-order valence-electron chi connectivity index (χ3n) is 5.56. The fourth-order valence-electron chi connectivity index (χ4n) is 3.79. The van der Waals surface area contributed by atoms with Gasteiger partial charge in [0.2, 0.25) is 0 Å². The van der Waals surface area contributed by atoms with E-state index in [1.54, 1.807) is 24.3 Å². The molecule has 5 rings (SSSR count). The van der Waals surface area contributed by atoms with Crippen molar-refractivity contribution in [3.63, 3.8) is 0 Å². The standard InChI is InChI=1S/C17H11F3O2.C11H7F3O4S/c18-17(19,20)22-14-7-5-11(6-8-14)13-9-12-3-1-2-4-15(12)16(21)10-13;12-11(13,14)19(16,17)18-8-5-7-3-1-2-4-9(7)10(15)6-8/h1-10,21H;1-6,15H. The fraction of sp³-hybridized carbons (Fsp3) is 0.0714. The van der Waals surface area contributed by atoms with Crippen molar-refractivity contribution in [3.05, 3.63) is 97.1 Å². The second-order valence-electron chi connectivity index (χ2n) is 8.44. The third kappa shape index (κ3) is 7.11. The molecule has 6 nitrogen and oxygen atoms in total. The van der Waals surface area contributed by atoms with Gasteiger partial charge >= 0.3 is 22.0 Å². The summed E-state index contributed by atoms with van der Waals surface area (Å²) >= 11 is 0. The molecule has 0 saturated heterocycles. The second kappa shape index (κ2) is 11.1. The topological polar surface area (TPSA) is 93.1 Å². The molecule has 0 aliphatic heterocycles. The van der Waals surface area contributed by atoms with Gasteiger partial charge in [0.05, 0.1) is 0 Å². The maximum atomic E-state index is 12.2. The molecule has 0 heterocycles. The van der Waals surface area contributed by atoms with Crippen LogP contribution < -0.4 is 8.92 Å². The van der Waals surface area contributed by atoms with Crippen molar-refractivity contribution in [3.8, 4) is 34.1 Å². The highest BCUT2D eigenvalue weighted by Gasteiger charge is 2.48. The van der Waals surface area contributed by atoms with E-state index in [9.17, 15) is 45.0 Å². The van der Waals surface area contributed by atoms with Crippen LogP contribution in [0.2, 0.25) is 0 Å². The van der Waals surface area contributed by atoms with E-state index in [1.165, 1.54) is 36.4 Å². The number of hydrogen-bond acceptors (Lipinski definition) is 6. The molecule has 5 aromatic carbocycles. The summed E-state index contributed by atoms with van der Waals surface area (Å²) in [6.07, 6.45) is -4.71. The van der Waals surface area contributed by atoms with Crippen LogP contribution in [0.1, 0.15) is 0 Å². The largest absolute Gasteiger partial charge is 0.573 e. The van der Waals surface area contributed by atoms with Crippen LogP contribution in [0.25, 0.3) is 32.7 Å². The van der Waals surface area contributed by atoms with Crippen molar-refractivity contribution in [2.75, 3.05) is 0 Å². The van der Waals surface area contributed by atoms with Gasteiger partial charge < -0.3 is 19.1 Å². The molecule has 0 bridgehead atoms. The Bertz CT molecular complexity index is 1800. The van der Waals surface area contributed by atoms with E-state index < -0.39 is 27.7 Å². The minimum absolute atomic E-state index is 0.128. The molecule has 41 heavy (non-hydrogen) atoms. The Morgan fingerprint density at radius 2 is 1.10 bits per heavy atom.